The number of thiophene rings is 1. The highest BCUT2D eigenvalue weighted by molar-refractivity contribution is 9.13. The van der Waals surface area contributed by atoms with Crippen LogP contribution in [0.15, 0.2) is 64.1 Å². The van der Waals surface area contributed by atoms with Gasteiger partial charge in [-0.2, -0.15) is 0 Å². The first-order valence-electron chi connectivity index (χ1n) is 8.36. The third kappa shape index (κ3) is 4.03. The number of anilines is 1. The molecule has 0 fully saturated rings. The van der Waals surface area contributed by atoms with Crippen LogP contribution < -0.4 is 10.2 Å². The van der Waals surface area contributed by atoms with Crippen molar-refractivity contribution in [1.29, 1.82) is 0 Å². The summed E-state index contributed by atoms with van der Waals surface area (Å²) in [5.74, 6) is -1.73. The summed E-state index contributed by atoms with van der Waals surface area (Å²) in [5, 5.41) is 29.4. The minimum Gasteiger partial charge on any atom is -0.504 e. The molecule has 0 radical (unpaired) electrons. The molecule has 0 unspecified atom stereocenters. The van der Waals surface area contributed by atoms with Crippen LogP contribution in [0.5, 0.6) is 17.2 Å². The van der Waals surface area contributed by atoms with Crippen molar-refractivity contribution in [3.8, 4) is 28.6 Å². The minimum atomic E-state index is -3.90. The molecule has 160 valence electrons. The molecule has 0 aliphatic heterocycles. The second-order valence-corrected chi connectivity index (χ2v) is 11.4. The maximum atomic E-state index is 12.7. The van der Waals surface area contributed by atoms with Crippen LogP contribution >= 0.6 is 43.2 Å². The molecule has 0 aliphatic rings. The van der Waals surface area contributed by atoms with Gasteiger partial charge in [-0.05, 0) is 74.3 Å². The van der Waals surface area contributed by atoms with Gasteiger partial charge in [0, 0.05) is 15.7 Å². The quantitative estimate of drug-likeness (QED) is 0.247. The average Bonchev–Trinajstić information content (AvgIpc) is 3.06. The number of phenols is 2. The Morgan fingerprint density at radius 1 is 0.968 bits per heavy atom. The molecule has 0 atom stereocenters. The van der Waals surface area contributed by atoms with E-state index in [4.69, 9.17) is 4.42 Å². The molecule has 8 nitrogen and oxygen atoms in total. The van der Waals surface area contributed by atoms with Gasteiger partial charge >= 0.3 is 0 Å². The molecule has 0 saturated heterocycles. The fraction of sp³-hybridized carbons (Fsp3) is 0. The molecule has 0 spiro atoms. The smallest absolute Gasteiger partial charge is 0.271 e. The predicted molar refractivity (Wildman–Crippen MR) is 123 cm³/mol. The van der Waals surface area contributed by atoms with E-state index in [0.29, 0.717) is 8.26 Å². The van der Waals surface area contributed by atoms with Crippen molar-refractivity contribution in [1.82, 2.24) is 0 Å². The van der Waals surface area contributed by atoms with E-state index in [1.807, 2.05) is 0 Å². The monoisotopic (exact) mass is 587 g/mol. The van der Waals surface area contributed by atoms with E-state index >= 15 is 0 Å². The Kier molecular flexibility index (Phi) is 5.50. The fourth-order valence-corrected chi connectivity index (χ4v) is 6.64. The van der Waals surface area contributed by atoms with E-state index in [-0.39, 0.29) is 37.9 Å². The minimum absolute atomic E-state index is 0.0435. The predicted octanol–water partition coefficient (Wildman–Crippen LogP) is 4.96. The van der Waals surface area contributed by atoms with Crippen molar-refractivity contribution < 1.29 is 28.2 Å². The van der Waals surface area contributed by atoms with Gasteiger partial charge < -0.3 is 19.7 Å². The summed E-state index contributed by atoms with van der Waals surface area (Å²) < 4.78 is 34.5. The zero-order valence-electron chi connectivity index (χ0n) is 15.1. The summed E-state index contributed by atoms with van der Waals surface area (Å²) in [7, 11) is -3.90. The van der Waals surface area contributed by atoms with Crippen LogP contribution in [0.2, 0.25) is 0 Å². The Bertz CT molecular complexity index is 1490. The summed E-state index contributed by atoms with van der Waals surface area (Å²) in [6, 6.07) is 9.19. The third-order valence-electron chi connectivity index (χ3n) is 4.24. The van der Waals surface area contributed by atoms with Gasteiger partial charge in [0.15, 0.2) is 17.3 Å². The van der Waals surface area contributed by atoms with E-state index in [2.05, 4.69) is 36.6 Å². The van der Waals surface area contributed by atoms with Crippen molar-refractivity contribution in [2.45, 2.75) is 4.21 Å². The van der Waals surface area contributed by atoms with Crippen LogP contribution in [0, 0.1) is 0 Å². The van der Waals surface area contributed by atoms with E-state index in [1.54, 1.807) is 0 Å². The standard InChI is InChI=1S/C19H11Br2NO7S2/c20-11-7-15(30-19(11)21)31(27,28)22-9-2-4-14-10(6-9)16(25)17(26)18(29-14)8-1-3-12(23)13(24)5-8/h1-7,22-24,26H. The number of nitrogens with one attached hydrogen (secondary N) is 1. The second-order valence-electron chi connectivity index (χ2n) is 6.32. The molecule has 2 heterocycles. The number of fused-ring (bicyclic) bond motifs is 1. The molecule has 4 N–H and O–H groups in total. The lowest BCUT2D eigenvalue weighted by Gasteiger charge is -2.09. The molecule has 4 aromatic rings. The highest BCUT2D eigenvalue weighted by atomic mass is 79.9. The van der Waals surface area contributed by atoms with Crippen LogP contribution in [0.3, 0.4) is 0 Å². The Morgan fingerprint density at radius 3 is 2.35 bits per heavy atom. The number of rotatable bonds is 4. The number of aromatic hydroxyl groups is 3. The van der Waals surface area contributed by atoms with Crippen LogP contribution in [0.1, 0.15) is 0 Å². The topological polar surface area (TPSA) is 137 Å². The van der Waals surface area contributed by atoms with E-state index in [1.165, 1.54) is 36.4 Å². The van der Waals surface area contributed by atoms with Crippen molar-refractivity contribution in [3.05, 3.63) is 60.9 Å². The summed E-state index contributed by atoms with van der Waals surface area (Å²) in [6.07, 6.45) is 0. The van der Waals surface area contributed by atoms with E-state index in [0.717, 1.165) is 17.4 Å². The van der Waals surface area contributed by atoms with Gasteiger partial charge in [-0.3, -0.25) is 9.52 Å². The summed E-state index contributed by atoms with van der Waals surface area (Å²) >= 11 is 7.50. The lowest BCUT2D eigenvalue weighted by atomic mass is 10.1. The van der Waals surface area contributed by atoms with E-state index in [9.17, 15) is 28.5 Å². The second kappa shape index (κ2) is 7.86. The summed E-state index contributed by atoms with van der Waals surface area (Å²) in [5.41, 5.74) is -0.415. The summed E-state index contributed by atoms with van der Waals surface area (Å²) in [6.45, 7) is 0. The molecule has 0 aliphatic carbocycles. The number of phenolic OH excluding ortho intramolecular Hbond substituents is 2. The molecule has 2 aromatic heterocycles. The summed E-state index contributed by atoms with van der Waals surface area (Å²) in [4.78, 5) is 12.7. The molecule has 31 heavy (non-hydrogen) atoms. The molecule has 4 rings (SSSR count). The van der Waals surface area contributed by atoms with Crippen molar-refractivity contribution >= 4 is 69.9 Å². The Morgan fingerprint density at radius 2 is 1.71 bits per heavy atom. The van der Waals surface area contributed by atoms with Crippen LogP contribution in [-0.4, -0.2) is 23.7 Å². The van der Waals surface area contributed by atoms with Crippen LogP contribution in [0.25, 0.3) is 22.3 Å². The Labute approximate surface area is 195 Å². The molecule has 2 aromatic carbocycles. The van der Waals surface area contributed by atoms with Gasteiger partial charge in [-0.25, -0.2) is 8.42 Å². The number of hydrogen-bond acceptors (Lipinski definition) is 8. The van der Waals surface area contributed by atoms with Gasteiger partial charge in [-0.1, -0.05) is 0 Å². The van der Waals surface area contributed by atoms with Crippen molar-refractivity contribution in [2.75, 3.05) is 4.72 Å². The molecule has 0 amide bonds. The van der Waals surface area contributed by atoms with E-state index < -0.39 is 27.0 Å². The highest BCUT2D eigenvalue weighted by Crippen LogP contribution is 2.37. The lowest BCUT2D eigenvalue weighted by molar-refractivity contribution is 0.403. The highest BCUT2D eigenvalue weighted by Gasteiger charge is 2.21. The largest absolute Gasteiger partial charge is 0.504 e. The fourth-order valence-electron chi connectivity index (χ4n) is 2.77. The first-order chi connectivity index (χ1) is 14.6. The maximum Gasteiger partial charge on any atom is 0.271 e. The average molecular weight is 589 g/mol. The Balaban J connectivity index is 1.77. The van der Waals surface area contributed by atoms with Crippen LogP contribution in [-0.2, 0) is 10.0 Å². The van der Waals surface area contributed by atoms with Crippen LogP contribution in [0.4, 0.5) is 5.69 Å². The van der Waals surface area contributed by atoms with Crippen molar-refractivity contribution in [3.63, 3.8) is 0 Å². The number of sulfonamides is 1. The number of halogens is 2. The number of hydrogen-bond donors (Lipinski definition) is 4. The molecule has 0 bridgehead atoms. The van der Waals surface area contributed by atoms with Gasteiger partial charge in [-0.15, -0.1) is 11.3 Å². The van der Waals surface area contributed by atoms with Gasteiger partial charge in [0.05, 0.1) is 9.17 Å². The lowest BCUT2D eigenvalue weighted by Crippen LogP contribution is -2.12. The molecular formula is C19H11Br2NO7S2. The van der Waals surface area contributed by atoms with Crippen molar-refractivity contribution in [2.24, 2.45) is 0 Å². The maximum absolute atomic E-state index is 12.7. The molecular weight excluding hydrogens is 578 g/mol. The first-order valence-corrected chi connectivity index (χ1v) is 12.3. The third-order valence-corrected chi connectivity index (χ3v) is 9.35. The first kappa shape index (κ1) is 21.7. The molecule has 12 heteroatoms. The van der Waals surface area contributed by atoms with Gasteiger partial charge in [0.1, 0.15) is 9.79 Å². The zero-order chi connectivity index (χ0) is 22.5. The van der Waals surface area contributed by atoms with Gasteiger partial charge in [0.25, 0.3) is 10.0 Å². The molecule has 0 saturated carbocycles. The Hall–Kier alpha value is -2.54. The zero-order valence-corrected chi connectivity index (χ0v) is 19.9. The number of benzene rings is 2. The SMILES string of the molecule is O=c1c(O)c(-c2ccc(O)c(O)c2)oc2ccc(NS(=O)(=O)c3cc(Br)c(Br)s3)cc12. The van der Waals surface area contributed by atoms with Gasteiger partial charge in [0.2, 0.25) is 11.2 Å². The normalized spacial score (nSPS) is 11.7.